The zero-order chi connectivity index (χ0) is 19.7. The fourth-order valence-corrected chi connectivity index (χ4v) is 6.10. The normalized spacial score (nSPS) is 22.3. The lowest BCUT2D eigenvalue weighted by Gasteiger charge is -2.40. The van der Waals surface area contributed by atoms with Crippen molar-refractivity contribution in [2.75, 3.05) is 32.8 Å². The number of hydrogen-bond donors (Lipinski definition) is 2. The van der Waals surface area contributed by atoms with Gasteiger partial charge in [-0.3, -0.25) is 9.69 Å². The molecule has 1 aromatic carbocycles. The third-order valence-corrected chi connectivity index (χ3v) is 7.69. The van der Waals surface area contributed by atoms with E-state index in [0.717, 1.165) is 69.9 Å². The first-order valence-electron chi connectivity index (χ1n) is 10.8. The van der Waals surface area contributed by atoms with Crippen LogP contribution in [0.5, 0.6) is 0 Å². The van der Waals surface area contributed by atoms with Crippen molar-refractivity contribution in [3.63, 3.8) is 0 Å². The summed E-state index contributed by atoms with van der Waals surface area (Å²) in [5.41, 5.74) is 2.43. The highest BCUT2D eigenvalue weighted by molar-refractivity contribution is 7.14. The summed E-state index contributed by atoms with van der Waals surface area (Å²) in [6, 6.07) is 12.9. The van der Waals surface area contributed by atoms with Crippen LogP contribution in [-0.4, -0.2) is 49.6 Å². The van der Waals surface area contributed by atoms with Crippen LogP contribution >= 0.6 is 36.2 Å². The Morgan fingerprint density at radius 3 is 2.77 bits per heavy atom. The van der Waals surface area contributed by atoms with Crippen molar-refractivity contribution in [2.24, 2.45) is 0 Å². The Hall–Kier alpha value is -1.15. The molecule has 3 aliphatic rings. The molecule has 0 aliphatic carbocycles. The van der Waals surface area contributed by atoms with Crippen molar-refractivity contribution < 1.29 is 9.53 Å². The largest absolute Gasteiger partial charge is 0.370 e. The smallest absolute Gasteiger partial charge is 0.261 e. The Morgan fingerprint density at radius 2 is 2.00 bits per heavy atom. The summed E-state index contributed by atoms with van der Waals surface area (Å²) >= 11 is 1.67. The van der Waals surface area contributed by atoms with E-state index in [4.69, 9.17) is 4.74 Å². The predicted molar refractivity (Wildman–Crippen MR) is 130 cm³/mol. The van der Waals surface area contributed by atoms with Gasteiger partial charge in [0.25, 0.3) is 5.91 Å². The third kappa shape index (κ3) is 5.27. The maximum atomic E-state index is 13.0. The highest BCUT2D eigenvalue weighted by atomic mass is 35.5. The molecule has 5 rings (SSSR count). The quantitative estimate of drug-likeness (QED) is 0.695. The number of carbonyl (C=O) groups is 1. The molecular weight excluding hydrogens is 453 g/mol. The number of benzene rings is 1. The van der Waals surface area contributed by atoms with Crippen LogP contribution in [0.15, 0.2) is 36.4 Å². The highest BCUT2D eigenvalue weighted by Gasteiger charge is 2.40. The van der Waals surface area contributed by atoms with Gasteiger partial charge in [-0.2, -0.15) is 0 Å². The van der Waals surface area contributed by atoms with Gasteiger partial charge in [0, 0.05) is 37.0 Å². The summed E-state index contributed by atoms with van der Waals surface area (Å²) in [5.74, 6) is 0.0834. The number of thiophene rings is 1. The molecule has 2 aromatic rings. The molecule has 0 saturated carbocycles. The van der Waals surface area contributed by atoms with E-state index >= 15 is 0 Å². The second kappa shape index (κ2) is 10.6. The van der Waals surface area contributed by atoms with Gasteiger partial charge in [0.1, 0.15) is 0 Å². The lowest BCUT2D eigenvalue weighted by Crippen LogP contribution is -2.44. The zero-order valence-corrected chi connectivity index (χ0v) is 20.1. The Labute approximate surface area is 200 Å². The van der Waals surface area contributed by atoms with Crippen LogP contribution < -0.4 is 10.6 Å². The Balaban J connectivity index is 0.00000136. The first-order valence-corrected chi connectivity index (χ1v) is 11.6. The van der Waals surface area contributed by atoms with Crippen LogP contribution in [0.3, 0.4) is 0 Å². The Morgan fingerprint density at radius 1 is 1.23 bits per heavy atom. The number of ether oxygens (including phenoxy) is 1. The number of fused-ring (bicyclic) bond motifs is 2. The number of carbonyl (C=O) groups excluding carboxylic acids is 1. The van der Waals surface area contributed by atoms with Crippen molar-refractivity contribution >= 4 is 42.1 Å². The molecule has 0 radical (unpaired) electrons. The molecule has 0 bridgehead atoms. The molecule has 5 nitrogen and oxygen atoms in total. The number of nitrogens with one attached hydrogen (secondary N) is 2. The Bertz CT molecular complexity index is 871. The fourth-order valence-electron chi connectivity index (χ4n) is 4.97. The first-order chi connectivity index (χ1) is 14.2. The molecule has 2 fully saturated rings. The van der Waals surface area contributed by atoms with Gasteiger partial charge in [-0.15, -0.1) is 36.2 Å². The molecule has 1 spiro atoms. The van der Waals surface area contributed by atoms with Gasteiger partial charge in [0.05, 0.1) is 17.1 Å². The summed E-state index contributed by atoms with van der Waals surface area (Å²) < 4.78 is 6.26. The van der Waals surface area contributed by atoms with Gasteiger partial charge in [0.2, 0.25) is 0 Å². The van der Waals surface area contributed by atoms with Gasteiger partial charge in [-0.25, -0.2) is 0 Å². The number of piperidine rings is 1. The van der Waals surface area contributed by atoms with E-state index in [0.29, 0.717) is 0 Å². The standard InChI is InChI=1S/C23H29N3O2S.2ClH/c27-22(25-18-6-12-26(16-18)15-17-4-2-1-3-5-17)21-14-19-20(29-21)7-13-28-23(19)8-10-24-11-9-23;;/h1-5,14,18,24H,6-13,15-16H2,(H,25,27);2*1H/t18-;;/m0../s1. The van der Waals surface area contributed by atoms with Crippen LogP contribution in [-0.2, 0) is 23.3 Å². The molecule has 2 saturated heterocycles. The van der Waals surface area contributed by atoms with Crippen LogP contribution in [0, 0.1) is 0 Å². The molecule has 1 aromatic heterocycles. The van der Waals surface area contributed by atoms with Crippen LogP contribution in [0.1, 0.15) is 44.9 Å². The van der Waals surface area contributed by atoms with Crippen molar-refractivity contribution in [2.45, 2.75) is 43.9 Å². The minimum absolute atomic E-state index is 0. The van der Waals surface area contributed by atoms with Crippen molar-refractivity contribution in [1.82, 2.24) is 15.5 Å². The van der Waals surface area contributed by atoms with E-state index in [1.165, 1.54) is 16.0 Å². The maximum absolute atomic E-state index is 13.0. The van der Waals surface area contributed by atoms with Crippen LogP contribution in [0.4, 0.5) is 0 Å². The van der Waals surface area contributed by atoms with E-state index in [2.05, 4.69) is 51.9 Å². The fraction of sp³-hybridized carbons (Fsp3) is 0.522. The third-order valence-electron chi connectivity index (χ3n) is 6.50. The van der Waals surface area contributed by atoms with E-state index in [-0.39, 0.29) is 42.4 Å². The van der Waals surface area contributed by atoms with Crippen LogP contribution in [0.2, 0.25) is 0 Å². The topological polar surface area (TPSA) is 53.6 Å². The predicted octanol–water partition coefficient (Wildman–Crippen LogP) is 3.75. The molecule has 4 heterocycles. The molecule has 8 heteroatoms. The molecular formula is C23H31Cl2N3O2S. The van der Waals surface area contributed by atoms with Gasteiger partial charge >= 0.3 is 0 Å². The van der Waals surface area contributed by atoms with Gasteiger partial charge in [0.15, 0.2) is 0 Å². The second-order valence-electron chi connectivity index (χ2n) is 8.47. The van der Waals surface area contributed by atoms with Gasteiger partial charge in [-0.1, -0.05) is 30.3 Å². The van der Waals surface area contributed by atoms with E-state index in [1.54, 1.807) is 11.3 Å². The second-order valence-corrected chi connectivity index (χ2v) is 9.61. The summed E-state index contributed by atoms with van der Waals surface area (Å²) in [6.07, 6.45) is 3.93. The first kappa shape index (κ1) is 24.5. The number of likely N-dealkylation sites (tertiary alicyclic amines) is 1. The van der Waals surface area contributed by atoms with Crippen LogP contribution in [0.25, 0.3) is 0 Å². The number of amides is 1. The monoisotopic (exact) mass is 483 g/mol. The number of halogens is 2. The molecule has 2 N–H and O–H groups in total. The maximum Gasteiger partial charge on any atom is 0.261 e. The summed E-state index contributed by atoms with van der Waals surface area (Å²) in [4.78, 5) is 17.6. The number of hydrogen-bond acceptors (Lipinski definition) is 5. The molecule has 3 aliphatic heterocycles. The molecule has 1 amide bonds. The van der Waals surface area contributed by atoms with E-state index in [1.807, 2.05) is 0 Å². The molecule has 1 atom stereocenters. The number of nitrogens with zero attached hydrogens (tertiary/aromatic N) is 1. The minimum Gasteiger partial charge on any atom is -0.370 e. The highest BCUT2D eigenvalue weighted by Crippen LogP contribution is 2.43. The van der Waals surface area contributed by atoms with Crippen molar-refractivity contribution in [3.05, 3.63) is 57.3 Å². The summed E-state index contributed by atoms with van der Waals surface area (Å²) in [5, 5.41) is 6.71. The molecule has 31 heavy (non-hydrogen) atoms. The van der Waals surface area contributed by atoms with Gasteiger partial charge in [-0.05, 0) is 49.5 Å². The Kier molecular flexibility index (Phi) is 8.41. The average Bonchev–Trinajstić information content (AvgIpc) is 3.37. The average molecular weight is 484 g/mol. The number of rotatable bonds is 4. The van der Waals surface area contributed by atoms with Crippen molar-refractivity contribution in [3.8, 4) is 0 Å². The summed E-state index contributed by atoms with van der Waals surface area (Å²) in [7, 11) is 0. The lowest BCUT2D eigenvalue weighted by molar-refractivity contribution is -0.0792. The van der Waals surface area contributed by atoms with E-state index < -0.39 is 0 Å². The SMILES string of the molecule is Cl.Cl.O=C(N[C@H]1CCN(Cc2ccccc2)C1)c1cc2c(s1)CCOC21CCNCC1. The van der Waals surface area contributed by atoms with E-state index in [9.17, 15) is 4.79 Å². The zero-order valence-electron chi connectivity index (χ0n) is 17.6. The molecule has 170 valence electrons. The lowest BCUT2D eigenvalue weighted by atomic mass is 9.83. The van der Waals surface area contributed by atoms with Gasteiger partial charge < -0.3 is 15.4 Å². The summed E-state index contributed by atoms with van der Waals surface area (Å²) in [6.45, 7) is 5.64. The minimum atomic E-state index is -0.173. The molecule has 0 unspecified atom stereocenters. The van der Waals surface area contributed by atoms with Crippen molar-refractivity contribution in [1.29, 1.82) is 0 Å².